The maximum absolute atomic E-state index is 14.2. The lowest BCUT2D eigenvalue weighted by molar-refractivity contribution is -0.122. The number of carbonyl (C=O) groups excluding carboxylic acids is 1. The van der Waals surface area contributed by atoms with E-state index in [-0.39, 0.29) is 34.0 Å². The van der Waals surface area contributed by atoms with Gasteiger partial charge in [-0.25, -0.2) is 14.4 Å². The molecule has 0 spiro atoms. The van der Waals surface area contributed by atoms with Crippen LogP contribution in [0.25, 0.3) is 11.2 Å². The van der Waals surface area contributed by atoms with Crippen LogP contribution in [0.1, 0.15) is 44.6 Å². The highest BCUT2D eigenvalue weighted by Gasteiger charge is 2.29. The van der Waals surface area contributed by atoms with Gasteiger partial charge in [0.2, 0.25) is 17.8 Å². The van der Waals surface area contributed by atoms with Crippen molar-refractivity contribution in [2.75, 3.05) is 23.8 Å². The second kappa shape index (κ2) is 10.1. The molecule has 2 fully saturated rings. The summed E-state index contributed by atoms with van der Waals surface area (Å²) in [6, 6.07) is 2.83. The number of fused-ring (bicyclic) bond motifs is 1. The van der Waals surface area contributed by atoms with E-state index >= 15 is 0 Å². The van der Waals surface area contributed by atoms with Gasteiger partial charge in [-0.1, -0.05) is 23.2 Å². The molecule has 5 rings (SSSR count). The molecule has 1 aromatic carbocycles. The van der Waals surface area contributed by atoms with Crippen LogP contribution in [0.15, 0.2) is 18.3 Å². The number of rotatable bonds is 6. The molecule has 1 aliphatic heterocycles. The first kappa shape index (κ1) is 24.0. The molecule has 186 valence electrons. The third kappa shape index (κ3) is 5.14. The zero-order valence-corrected chi connectivity index (χ0v) is 20.4. The third-order valence-electron chi connectivity index (χ3n) is 6.71. The van der Waals surface area contributed by atoms with Gasteiger partial charge in [0.05, 0.1) is 21.9 Å². The van der Waals surface area contributed by atoms with Crippen LogP contribution >= 0.6 is 23.2 Å². The molecule has 1 saturated carbocycles. The quantitative estimate of drug-likeness (QED) is 0.397. The second-order valence-corrected chi connectivity index (χ2v) is 9.83. The number of nitrogens with one attached hydrogen (secondary N) is 2. The number of primary amides is 1. The van der Waals surface area contributed by atoms with Gasteiger partial charge in [0.1, 0.15) is 11.3 Å². The number of benzene rings is 1. The van der Waals surface area contributed by atoms with Crippen molar-refractivity contribution < 1.29 is 13.9 Å². The maximum Gasteiger partial charge on any atom is 0.224 e. The highest BCUT2D eigenvalue weighted by atomic mass is 35.5. The minimum absolute atomic E-state index is 0.0138. The molecule has 12 heteroatoms. The van der Waals surface area contributed by atoms with Gasteiger partial charge in [0, 0.05) is 37.3 Å². The Morgan fingerprint density at radius 2 is 1.83 bits per heavy atom. The Morgan fingerprint density at radius 1 is 1.09 bits per heavy atom. The van der Waals surface area contributed by atoms with Crippen LogP contribution in [0.4, 0.5) is 22.0 Å². The minimum atomic E-state index is -0.592. The summed E-state index contributed by atoms with van der Waals surface area (Å²) >= 11 is 12.2. The Morgan fingerprint density at radius 3 is 2.54 bits per heavy atom. The number of carbonyl (C=O) groups is 1. The average molecular weight is 522 g/mol. The highest BCUT2D eigenvalue weighted by Crippen LogP contribution is 2.38. The Labute approximate surface area is 211 Å². The SMILES string of the molecule is NC(=O)C1CCC(n2c(Nc3cc(F)c(Cl)cc3Cl)nc3cnc(NC4CCOCC4)nc32)CC1. The van der Waals surface area contributed by atoms with E-state index in [1.807, 2.05) is 4.57 Å². The predicted octanol–water partition coefficient (Wildman–Crippen LogP) is 4.82. The van der Waals surface area contributed by atoms with E-state index in [0.717, 1.165) is 25.7 Å². The lowest BCUT2D eigenvalue weighted by Gasteiger charge is -2.29. The van der Waals surface area contributed by atoms with E-state index in [1.54, 1.807) is 6.20 Å². The molecule has 1 amide bonds. The number of amides is 1. The van der Waals surface area contributed by atoms with Crippen molar-refractivity contribution in [3.63, 3.8) is 0 Å². The number of hydrogen-bond donors (Lipinski definition) is 3. The molecule has 3 aromatic rings. The van der Waals surface area contributed by atoms with E-state index in [4.69, 9.17) is 43.6 Å². The molecular weight excluding hydrogens is 496 g/mol. The average Bonchev–Trinajstić information content (AvgIpc) is 3.20. The number of imidazole rings is 1. The van der Waals surface area contributed by atoms with E-state index in [0.29, 0.717) is 54.8 Å². The monoisotopic (exact) mass is 521 g/mol. The van der Waals surface area contributed by atoms with Gasteiger partial charge < -0.3 is 21.1 Å². The number of anilines is 3. The first-order valence-corrected chi connectivity index (χ1v) is 12.4. The molecule has 0 unspecified atom stereocenters. The summed E-state index contributed by atoms with van der Waals surface area (Å²) in [6.45, 7) is 1.40. The zero-order chi connectivity index (χ0) is 24.5. The minimum Gasteiger partial charge on any atom is -0.381 e. The third-order valence-corrected chi connectivity index (χ3v) is 7.31. The Kier molecular flexibility index (Phi) is 6.95. The van der Waals surface area contributed by atoms with Crippen LogP contribution in [-0.2, 0) is 9.53 Å². The zero-order valence-electron chi connectivity index (χ0n) is 18.9. The van der Waals surface area contributed by atoms with Crippen LogP contribution in [0.2, 0.25) is 10.0 Å². The highest BCUT2D eigenvalue weighted by molar-refractivity contribution is 6.36. The van der Waals surface area contributed by atoms with Gasteiger partial charge in [-0.3, -0.25) is 9.36 Å². The summed E-state index contributed by atoms with van der Waals surface area (Å²) in [7, 11) is 0. The van der Waals surface area contributed by atoms with E-state index in [2.05, 4.69) is 15.6 Å². The summed E-state index contributed by atoms with van der Waals surface area (Å²) < 4.78 is 21.6. The Bertz CT molecular complexity index is 1240. The van der Waals surface area contributed by atoms with Crippen molar-refractivity contribution in [2.24, 2.45) is 11.7 Å². The number of hydrogen-bond acceptors (Lipinski definition) is 7. The fourth-order valence-corrected chi connectivity index (χ4v) is 5.21. The number of ether oxygens (including phenoxy) is 1. The van der Waals surface area contributed by atoms with Gasteiger partial charge in [0.25, 0.3) is 0 Å². The summed E-state index contributed by atoms with van der Waals surface area (Å²) in [6.07, 6.45) is 6.23. The van der Waals surface area contributed by atoms with Crippen molar-refractivity contribution in [1.29, 1.82) is 0 Å². The fraction of sp³-hybridized carbons (Fsp3) is 0.478. The summed E-state index contributed by atoms with van der Waals surface area (Å²) in [5.74, 6) is -0.0308. The summed E-state index contributed by atoms with van der Waals surface area (Å²) in [4.78, 5) is 25.6. The molecule has 0 radical (unpaired) electrons. The maximum atomic E-state index is 14.2. The topological polar surface area (TPSA) is 120 Å². The number of nitrogens with zero attached hydrogens (tertiary/aromatic N) is 4. The first-order valence-electron chi connectivity index (χ1n) is 11.7. The van der Waals surface area contributed by atoms with Crippen molar-refractivity contribution in [3.05, 3.63) is 34.2 Å². The smallest absolute Gasteiger partial charge is 0.224 e. The van der Waals surface area contributed by atoms with Crippen LogP contribution in [0, 0.1) is 11.7 Å². The molecule has 3 heterocycles. The second-order valence-electron chi connectivity index (χ2n) is 9.02. The van der Waals surface area contributed by atoms with Crippen LogP contribution in [-0.4, -0.2) is 44.7 Å². The van der Waals surface area contributed by atoms with Gasteiger partial charge in [-0.15, -0.1) is 0 Å². The predicted molar refractivity (Wildman–Crippen MR) is 133 cm³/mol. The normalized spacial score (nSPS) is 21.2. The van der Waals surface area contributed by atoms with Gasteiger partial charge in [-0.05, 0) is 44.6 Å². The fourth-order valence-electron chi connectivity index (χ4n) is 4.78. The lowest BCUT2D eigenvalue weighted by atomic mass is 9.85. The van der Waals surface area contributed by atoms with Crippen molar-refractivity contribution in [2.45, 2.75) is 50.6 Å². The van der Waals surface area contributed by atoms with E-state index in [1.165, 1.54) is 12.1 Å². The standard InChI is InChI=1S/C23H26Cl2FN7O2/c24-15-9-16(25)18(10-17(15)26)30-23-31-19-11-28-22(29-13-5-7-35-8-6-13)32-21(19)33(23)14-3-1-12(2-4-14)20(27)34/h9-14H,1-8H2,(H2,27,34)(H,30,31)(H,28,29,32). The molecule has 0 bridgehead atoms. The number of nitrogens with two attached hydrogens (primary N) is 1. The van der Waals surface area contributed by atoms with Crippen LogP contribution in [0.5, 0.6) is 0 Å². The van der Waals surface area contributed by atoms with Gasteiger partial charge in [0.15, 0.2) is 5.65 Å². The van der Waals surface area contributed by atoms with Crippen molar-refractivity contribution in [1.82, 2.24) is 19.5 Å². The molecular formula is C23H26Cl2FN7O2. The van der Waals surface area contributed by atoms with Crippen molar-refractivity contribution >= 4 is 57.9 Å². The Hall–Kier alpha value is -2.69. The molecule has 2 aromatic heterocycles. The molecule has 2 aliphatic rings. The first-order chi connectivity index (χ1) is 16.9. The van der Waals surface area contributed by atoms with Crippen LogP contribution in [0.3, 0.4) is 0 Å². The number of halogens is 3. The van der Waals surface area contributed by atoms with Crippen molar-refractivity contribution in [3.8, 4) is 0 Å². The molecule has 35 heavy (non-hydrogen) atoms. The molecule has 1 aliphatic carbocycles. The molecule has 1 saturated heterocycles. The lowest BCUT2D eigenvalue weighted by Crippen LogP contribution is -2.29. The van der Waals surface area contributed by atoms with E-state index in [9.17, 15) is 9.18 Å². The van der Waals surface area contributed by atoms with Gasteiger partial charge in [-0.2, -0.15) is 4.98 Å². The van der Waals surface area contributed by atoms with Crippen LogP contribution < -0.4 is 16.4 Å². The number of aromatic nitrogens is 4. The molecule has 9 nitrogen and oxygen atoms in total. The summed E-state index contributed by atoms with van der Waals surface area (Å²) in [5, 5.41) is 6.75. The van der Waals surface area contributed by atoms with E-state index < -0.39 is 5.82 Å². The van der Waals surface area contributed by atoms with Gasteiger partial charge >= 0.3 is 0 Å². The molecule has 4 N–H and O–H groups in total. The largest absolute Gasteiger partial charge is 0.381 e. The molecule has 0 atom stereocenters. The summed E-state index contributed by atoms with van der Waals surface area (Å²) in [5.41, 5.74) is 7.11. The Balaban J connectivity index is 1.51.